The van der Waals surface area contributed by atoms with Gasteiger partial charge in [-0.05, 0) is 19.4 Å². The van der Waals surface area contributed by atoms with Gasteiger partial charge in [-0.2, -0.15) is 5.26 Å². The van der Waals surface area contributed by atoms with Crippen molar-refractivity contribution in [2.45, 2.75) is 25.4 Å². The molecular weight excluding hydrogens is 244 g/mol. The fourth-order valence-electron chi connectivity index (χ4n) is 2.38. The van der Waals surface area contributed by atoms with Crippen molar-refractivity contribution >= 4 is 5.97 Å². The number of rotatable bonds is 3. The number of benzene rings is 1. The van der Waals surface area contributed by atoms with Crippen LogP contribution in [0.5, 0.6) is 5.75 Å². The maximum absolute atomic E-state index is 11.7. The zero-order valence-corrected chi connectivity index (χ0v) is 10.7. The Bertz CT molecular complexity index is 510. The molecule has 3 atom stereocenters. The summed E-state index contributed by atoms with van der Waals surface area (Å²) in [4.78, 5) is 11.7. The number of esters is 1. The molecule has 1 aromatic rings. The lowest BCUT2D eigenvalue weighted by atomic mass is 9.94. The first kappa shape index (κ1) is 13.4. The fraction of sp³-hybridized carbons (Fsp3) is 0.429. The Hall–Kier alpha value is -2.06. The zero-order chi connectivity index (χ0) is 13.8. The predicted molar refractivity (Wildman–Crippen MR) is 68.1 cm³/mol. The van der Waals surface area contributed by atoms with Crippen LogP contribution in [0.4, 0.5) is 0 Å². The molecule has 0 spiro atoms. The number of para-hydroxylation sites is 1. The minimum absolute atomic E-state index is 0.129. The lowest BCUT2D eigenvalue weighted by Gasteiger charge is -2.16. The maximum atomic E-state index is 11.7. The van der Waals surface area contributed by atoms with Crippen molar-refractivity contribution < 1.29 is 14.6 Å². The number of phenolic OH excluding ortho intramolecular Hbond substituents is 1. The van der Waals surface area contributed by atoms with E-state index in [-0.39, 0.29) is 23.7 Å². The van der Waals surface area contributed by atoms with Gasteiger partial charge in [0.05, 0.1) is 24.6 Å². The third-order valence-corrected chi connectivity index (χ3v) is 3.28. The van der Waals surface area contributed by atoms with Gasteiger partial charge in [-0.3, -0.25) is 10.1 Å². The highest BCUT2D eigenvalue weighted by atomic mass is 16.5. The van der Waals surface area contributed by atoms with Crippen molar-refractivity contribution in [3.63, 3.8) is 0 Å². The van der Waals surface area contributed by atoms with Crippen LogP contribution in [0.25, 0.3) is 0 Å². The van der Waals surface area contributed by atoms with Crippen molar-refractivity contribution in [2.75, 3.05) is 6.61 Å². The fourth-order valence-corrected chi connectivity index (χ4v) is 2.38. The quantitative estimate of drug-likeness (QED) is 0.805. The van der Waals surface area contributed by atoms with Gasteiger partial charge in [0.15, 0.2) is 0 Å². The summed E-state index contributed by atoms with van der Waals surface area (Å²) in [6.07, 6.45) is 0.397. The summed E-state index contributed by atoms with van der Waals surface area (Å²) in [5, 5.41) is 22.1. The molecule has 2 rings (SSSR count). The number of nitrogens with zero attached hydrogens (tertiary/aromatic N) is 1. The maximum Gasteiger partial charge on any atom is 0.323 e. The average Bonchev–Trinajstić information content (AvgIpc) is 2.83. The van der Waals surface area contributed by atoms with Crippen molar-refractivity contribution in [2.24, 2.45) is 5.92 Å². The Morgan fingerprint density at radius 2 is 2.32 bits per heavy atom. The molecule has 3 unspecified atom stereocenters. The first-order valence-electron chi connectivity index (χ1n) is 6.27. The largest absolute Gasteiger partial charge is 0.508 e. The number of carbonyl (C=O) groups excluding carboxylic acids is 1. The summed E-state index contributed by atoms with van der Waals surface area (Å²) >= 11 is 0. The van der Waals surface area contributed by atoms with E-state index in [1.807, 2.05) is 0 Å². The van der Waals surface area contributed by atoms with E-state index in [0.717, 1.165) is 0 Å². The van der Waals surface area contributed by atoms with E-state index < -0.39 is 6.04 Å². The van der Waals surface area contributed by atoms with Crippen LogP contribution >= 0.6 is 0 Å². The van der Waals surface area contributed by atoms with E-state index in [1.54, 1.807) is 31.2 Å². The molecule has 2 N–H and O–H groups in total. The molecule has 1 aliphatic heterocycles. The SMILES string of the molecule is CCOC(=O)C1CC(C#N)C(c2ccccc2O)N1. The third-order valence-electron chi connectivity index (χ3n) is 3.28. The van der Waals surface area contributed by atoms with E-state index in [2.05, 4.69) is 11.4 Å². The molecule has 1 aromatic carbocycles. The molecule has 0 aliphatic carbocycles. The Morgan fingerprint density at radius 3 is 2.95 bits per heavy atom. The molecule has 1 saturated heterocycles. The van der Waals surface area contributed by atoms with E-state index >= 15 is 0 Å². The number of hydrogen-bond acceptors (Lipinski definition) is 5. The van der Waals surface area contributed by atoms with E-state index in [9.17, 15) is 15.2 Å². The normalized spacial score (nSPS) is 25.8. The molecule has 0 bridgehead atoms. The van der Waals surface area contributed by atoms with E-state index in [4.69, 9.17) is 4.74 Å². The molecule has 19 heavy (non-hydrogen) atoms. The van der Waals surface area contributed by atoms with Gasteiger partial charge in [-0.25, -0.2) is 0 Å². The van der Waals surface area contributed by atoms with Crippen LogP contribution in [0.15, 0.2) is 24.3 Å². The monoisotopic (exact) mass is 260 g/mol. The molecule has 0 saturated carbocycles. The number of carbonyl (C=O) groups is 1. The van der Waals surface area contributed by atoms with E-state index in [0.29, 0.717) is 18.6 Å². The van der Waals surface area contributed by atoms with Gasteiger partial charge in [0, 0.05) is 5.56 Å². The molecule has 100 valence electrons. The smallest absolute Gasteiger partial charge is 0.323 e. The van der Waals surface area contributed by atoms with Gasteiger partial charge in [0.1, 0.15) is 11.8 Å². The van der Waals surface area contributed by atoms with Crippen molar-refractivity contribution in [3.8, 4) is 11.8 Å². The third kappa shape index (κ3) is 2.69. The zero-order valence-electron chi connectivity index (χ0n) is 10.7. The lowest BCUT2D eigenvalue weighted by Crippen LogP contribution is -2.33. The highest BCUT2D eigenvalue weighted by molar-refractivity contribution is 5.76. The molecule has 1 aliphatic rings. The van der Waals surface area contributed by atoms with Crippen molar-refractivity contribution in [1.29, 1.82) is 5.26 Å². The van der Waals surface area contributed by atoms with Gasteiger partial charge in [0.25, 0.3) is 0 Å². The second-order valence-electron chi connectivity index (χ2n) is 4.48. The molecule has 5 nitrogen and oxygen atoms in total. The van der Waals surface area contributed by atoms with Gasteiger partial charge in [-0.1, -0.05) is 18.2 Å². The first-order valence-corrected chi connectivity index (χ1v) is 6.27. The molecule has 5 heteroatoms. The Labute approximate surface area is 111 Å². The summed E-state index contributed by atoms with van der Waals surface area (Å²) in [6.45, 7) is 2.06. The Morgan fingerprint density at radius 1 is 1.58 bits per heavy atom. The summed E-state index contributed by atoms with van der Waals surface area (Å²) in [5.41, 5.74) is 0.640. The number of aromatic hydroxyl groups is 1. The number of nitrogens with one attached hydrogen (secondary N) is 1. The highest BCUT2D eigenvalue weighted by Gasteiger charge is 2.39. The number of phenols is 1. The van der Waals surface area contributed by atoms with Gasteiger partial charge >= 0.3 is 5.97 Å². The van der Waals surface area contributed by atoms with Crippen LogP contribution in [-0.2, 0) is 9.53 Å². The predicted octanol–water partition coefficient (Wildman–Crippen LogP) is 1.50. The molecule has 1 heterocycles. The summed E-state index contributed by atoms with van der Waals surface area (Å²) in [6, 6.07) is 8.19. The highest BCUT2D eigenvalue weighted by Crippen LogP contribution is 2.36. The minimum atomic E-state index is -0.491. The number of hydrogen-bond donors (Lipinski definition) is 2. The number of ether oxygens (including phenoxy) is 1. The first-order chi connectivity index (χ1) is 9.17. The van der Waals surface area contributed by atoms with Crippen molar-refractivity contribution in [1.82, 2.24) is 5.32 Å². The molecule has 0 aromatic heterocycles. The van der Waals surface area contributed by atoms with Gasteiger partial charge < -0.3 is 9.84 Å². The topological polar surface area (TPSA) is 82.4 Å². The summed E-state index contributed by atoms with van der Waals surface area (Å²) in [5.74, 6) is -0.576. The van der Waals surface area contributed by atoms with Gasteiger partial charge in [0.2, 0.25) is 0 Å². The molecule has 1 fully saturated rings. The summed E-state index contributed by atoms with van der Waals surface area (Å²) in [7, 11) is 0. The Kier molecular flexibility index (Phi) is 4.03. The lowest BCUT2D eigenvalue weighted by molar-refractivity contribution is -0.145. The summed E-state index contributed by atoms with van der Waals surface area (Å²) < 4.78 is 4.96. The average molecular weight is 260 g/mol. The van der Waals surface area contributed by atoms with E-state index in [1.165, 1.54) is 0 Å². The Balaban J connectivity index is 2.20. The second-order valence-corrected chi connectivity index (χ2v) is 4.48. The van der Waals surface area contributed by atoms with Crippen LogP contribution in [-0.4, -0.2) is 23.7 Å². The van der Waals surface area contributed by atoms with Crippen LogP contribution in [0.1, 0.15) is 24.9 Å². The van der Waals surface area contributed by atoms with Crippen LogP contribution in [0, 0.1) is 17.2 Å². The van der Waals surface area contributed by atoms with Gasteiger partial charge in [-0.15, -0.1) is 0 Å². The number of nitriles is 1. The van der Waals surface area contributed by atoms with Crippen molar-refractivity contribution in [3.05, 3.63) is 29.8 Å². The minimum Gasteiger partial charge on any atom is -0.508 e. The molecular formula is C14H16N2O3. The van der Waals surface area contributed by atoms with Crippen LogP contribution in [0.2, 0.25) is 0 Å². The molecule has 0 amide bonds. The molecule has 0 radical (unpaired) electrons. The second kappa shape index (κ2) is 5.72. The standard InChI is InChI=1S/C14H16N2O3/c1-2-19-14(18)11-7-9(8-15)13(16-11)10-5-3-4-6-12(10)17/h3-6,9,11,13,16-17H,2,7H2,1H3. The van der Waals surface area contributed by atoms with Crippen LogP contribution < -0.4 is 5.32 Å². The van der Waals surface area contributed by atoms with Crippen LogP contribution in [0.3, 0.4) is 0 Å².